The maximum atomic E-state index is 12.8. The van der Waals surface area contributed by atoms with Crippen LogP contribution in [0.5, 0.6) is 0 Å². The summed E-state index contributed by atoms with van der Waals surface area (Å²) in [6.07, 6.45) is 5.52. The molecule has 0 aliphatic heterocycles. The van der Waals surface area contributed by atoms with Crippen molar-refractivity contribution in [3.8, 4) is 22.7 Å². The maximum Gasteiger partial charge on any atom is 0.330 e. The fourth-order valence-corrected chi connectivity index (χ4v) is 3.88. The van der Waals surface area contributed by atoms with Crippen molar-refractivity contribution in [2.24, 2.45) is 5.92 Å². The summed E-state index contributed by atoms with van der Waals surface area (Å²) in [4.78, 5) is 35.2. The average molecular weight is 464 g/mol. The number of hydrogen-bond donors (Lipinski definition) is 2. The summed E-state index contributed by atoms with van der Waals surface area (Å²) in [6, 6.07) is 9.16. The zero-order valence-corrected chi connectivity index (χ0v) is 18.0. The number of fused-ring (bicyclic) bond motifs is 1. The summed E-state index contributed by atoms with van der Waals surface area (Å²) in [5, 5.41) is 9.12. The lowest BCUT2D eigenvalue weighted by molar-refractivity contribution is 0.419. The van der Waals surface area contributed by atoms with Crippen molar-refractivity contribution in [3.05, 3.63) is 74.3 Å². The van der Waals surface area contributed by atoms with Gasteiger partial charge in [0.25, 0.3) is 5.56 Å². The predicted octanol–water partition coefficient (Wildman–Crippen LogP) is 3.04. The molecule has 10 nitrogen and oxygen atoms in total. The number of imidazole rings is 1. The van der Waals surface area contributed by atoms with Crippen LogP contribution >= 0.6 is 11.6 Å². The first-order chi connectivity index (χ1) is 16.0. The van der Waals surface area contributed by atoms with E-state index in [0.29, 0.717) is 46.9 Å². The van der Waals surface area contributed by atoms with Gasteiger partial charge in [-0.15, -0.1) is 0 Å². The van der Waals surface area contributed by atoms with Crippen molar-refractivity contribution in [2.75, 3.05) is 0 Å². The molecule has 166 valence electrons. The number of nitrogens with one attached hydrogen (secondary N) is 2. The molecule has 4 heterocycles. The van der Waals surface area contributed by atoms with Crippen molar-refractivity contribution in [1.82, 2.24) is 34.5 Å². The minimum atomic E-state index is -0.435. The third-order valence-corrected chi connectivity index (χ3v) is 5.94. The van der Waals surface area contributed by atoms with E-state index in [9.17, 15) is 9.59 Å². The third kappa shape index (κ3) is 3.78. The van der Waals surface area contributed by atoms with Crippen molar-refractivity contribution in [3.63, 3.8) is 0 Å². The molecule has 1 saturated carbocycles. The molecule has 1 aliphatic rings. The zero-order chi connectivity index (χ0) is 22.5. The van der Waals surface area contributed by atoms with E-state index < -0.39 is 5.69 Å². The molecule has 0 atom stereocenters. The Bertz CT molecular complexity index is 1580. The van der Waals surface area contributed by atoms with E-state index in [2.05, 4.69) is 25.2 Å². The predicted molar refractivity (Wildman–Crippen MR) is 121 cm³/mol. The van der Waals surface area contributed by atoms with Crippen LogP contribution in [0, 0.1) is 5.92 Å². The van der Waals surface area contributed by atoms with Gasteiger partial charge in [0.05, 0.1) is 18.3 Å². The molecule has 1 aliphatic carbocycles. The summed E-state index contributed by atoms with van der Waals surface area (Å²) >= 11 is 5.94. The quantitative estimate of drug-likeness (QED) is 0.398. The highest BCUT2D eigenvalue weighted by atomic mass is 35.5. The molecule has 0 spiro atoms. The first kappa shape index (κ1) is 19.7. The summed E-state index contributed by atoms with van der Waals surface area (Å²) in [5.74, 6) is 1.49. The Morgan fingerprint density at radius 2 is 1.94 bits per heavy atom. The van der Waals surface area contributed by atoms with Crippen LogP contribution in [-0.4, -0.2) is 34.5 Å². The fraction of sp³-hybridized carbons (Fsp3) is 0.227. The van der Waals surface area contributed by atoms with E-state index in [1.54, 1.807) is 29.2 Å². The highest BCUT2D eigenvalue weighted by Crippen LogP contribution is 2.29. The van der Waals surface area contributed by atoms with E-state index in [1.165, 1.54) is 4.57 Å². The van der Waals surface area contributed by atoms with Crippen LogP contribution in [0.2, 0.25) is 5.02 Å². The van der Waals surface area contributed by atoms with Crippen LogP contribution < -0.4 is 11.2 Å². The molecule has 0 saturated heterocycles. The van der Waals surface area contributed by atoms with E-state index in [-0.39, 0.29) is 16.7 Å². The van der Waals surface area contributed by atoms with Gasteiger partial charge in [-0.05, 0) is 43.0 Å². The van der Waals surface area contributed by atoms with Crippen LogP contribution in [0.3, 0.4) is 0 Å². The minimum absolute atomic E-state index is 0.240. The van der Waals surface area contributed by atoms with Crippen LogP contribution in [0.25, 0.3) is 33.9 Å². The molecule has 6 rings (SSSR count). The Balaban J connectivity index is 1.25. The molecule has 1 aromatic carbocycles. The largest absolute Gasteiger partial charge is 0.356 e. The number of benzene rings is 1. The van der Waals surface area contributed by atoms with E-state index in [0.717, 1.165) is 18.4 Å². The Morgan fingerprint density at radius 3 is 2.73 bits per heavy atom. The summed E-state index contributed by atoms with van der Waals surface area (Å²) in [7, 11) is 0. The lowest BCUT2D eigenvalue weighted by Gasteiger charge is -2.01. The topological polar surface area (TPSA) is 127 Å². The second-order valence-electron chi connectivity index (χ2n) is 8.21. The average Bonchev–Trinajstić information content (AvgIpc) is 3.16. The standard InChI is InChI=1S/C22H18ClN7O3/c23-15-5-3-13(4-6-15)17-7-16(28-33-17)11-29-10-14(8-24-29)19-25-18-20(26-19)27-22(32)30(21(18)31)9-12-1-2-12/h3-8,10,12H,1-2,9,11H2,(H,25,26)(H,27,32). The van der Waals surface area contributed by atoms with Crippen molar-refractivity contribution in [1.29, 1.82) is 0 Å². The van der Waals surface area contributed by atoms with Gasteiger partial charge in [0, 0.05) is 29.4 Å². The molecule has 33 heavy (non-hydrogen) atoms. The monoisotopic (exact) mass is 463 g/mol. The van der Waals surface area contributed by atoms with Crippen LogP contribution in [0.1, 0.15) is 18.5 Å². The molecule has 0 unspecified atom stereocenters. The normalized spacial score (nSPS) is 13.7. The molecule has 0 bridgehead atoms. The third-order valence-electron chi connectivity index (χ3n) is 5.69. The first-order valence-electron chi connectivity index (χ1n) is 10.5. The molecule has 2 N–H and O–H groups in total. The van der Waals surface area contributed by atoms with Crippen LogP contribution in [0.15, 0.2) is 56.8 Å². The second-order valence-corrected chi connectivity index (χ2v) is 8.65. The Labute approximate surface area is 190 Å². The van der Waals surface area contributed by atoms with E-state index in [4.69, 9.17) is 16.1 Å². The molecule has 0 amide bonds. The van der Waals surface area contributed by atoms with Gasteiger partial charge in [-0.3, -0.25) is 19.0 Å². The van der Waals surface area contributed by atoms with Crippen molar-refractivity contribution >= 4 is 22.8 Å². The van der Waals surface area contributed by atoms with Crippen molar-refractivity contribution in [2.45, 2.75) is 25.9 Å². The van der Waals surface area contributed by atoms with Crippen LogP contribution in [-0.2, 0) is 13.1 Å². The highest BCUT2D eigenvalue weighted by Gasteiger charge is 2.24. The zero-order valence-electron chi connectivity index (χ0n) is 17.3. The van der Waals surface area contributed by atoms with Gasteiger partial charge >= 0.3 is 5.69 Å². The number of H-pyrrole nitrogens is 2. The number of aromatic amines is 2. The minimum Gasteiger partial charge on any atom is -0.356 e. The highest BCUT2D eigenvalue weighted by molar-refractivity contribution is 6.30. The van der Waals surface area contributed by atoms with Gasteiger partial charge in [-0.1, -0.05) is 16.8 Å². The number of nitrogens with zero attached hydrogens (tertiary/aromatic N) is 5. The fourth-order valence-electron chi connectivity index (χ4n) is 3.75. The molecule has 11 heteroatoms. The molecule has 0 radical (unpaired) electrons. The number of rotatable bonds is 6. The first-order valence-corrected chi connectivity index (χ1v) is 10.9. The number of aromatic nitrogens is 7. The molecule has 5 aromatic rings. The van der Waals surface area contributed by atoms with Gasteiger partial charge < -0.3 is 9.51 Å². The molecular weight excluding hydrogens is 446 g/mol. The lowest BCUT2D eigenvalue weighted by Crippen LogP contribution is -2.35. The van der Waals surface area contributed by atoms with Gasteiger partial charge in [-0.25, -0.2) is 9.78 Å². The number of halogens is 1. The van der Waals surface area contributed by atoms with E-state index in [1.807, 2.05) is 18.2 Å². The van der Waals surface area contributed by atoms with Gasteiger partial charge in [0.2, 0.25) is 0 Å². The molecular formula is C22H18ClN7O3. The SMILES string of the molecule is O=c1[nH]c2nc(-c3cnn(Cc4cc(-c5ccc(Cl)cc5)on4)c3)[nH]c2c(=O)n1CC1CC1. The van der Waals surface area contributed by atoms with E-state index >= 15 is 0 Å². The molecule has 1 fully saturated rings. The summed E-state index contributed by atoms with van der Waals surface area (Å²) < 4.78 is 8.38. The van der Waals surface area contributed by atoms with Gasteiger partial charge in [-0.2, -0.15) is 5.10 Å². The smallest absolute Gasteiger partial charge is 0.330 e. The Kier molecular flexibility index (Phi) is 4.54. The van der Waals surface area contributed by atoms with Gasteiger partial charge in [0.1, 0.15) is 17.0 Å². The maximum absolute atomic E-state index is 12.8. The lowest BCUT2D eigenvalue weighted by atomic mass is 10.1. The number of hydrogen-bond acceptors (Lipinski definition) is 6. The van der Waals surface area contributed by atoms with Gasteiger partial charge in [0.15, 0.2) is 11.4 Å². The van der Waals surface area contributed by atoms with Crippen LogP contribution in [0.4, 0.5) is 0 Å². The van der Waals surface area contributed by atoms with Crippen molar-refractivity contribution < 1.29 is 4.52 Å². The summed E-state index contributed by atoms with van der Waals surface area (Å²) in [6.45, 7) is 0.828. The summed E-state index contributed by atoms with van der Waals surface area (Å²) in [5.41, 5.74) is 1.99. The Hall–Kier alpha value is -3.92. The Morgan fingerprint density at radius 1 is 1.12 bits per heavy atom. The molecule has 4 aromatic heterocycles. The second kappa shape index (κ2) is 7.59.